The highest BCUT2D eigenvalue weighted by molar-refractivity contribution is 5.84. The summed E-state index contributed by atoms with van der Waals surface area (Å²) >= 11 is 0. The third-order valence-corrected chi connectivity index (χ3v) is 5.33. The van der Waals surface area contributed by atoms with Gasteiger partial charge in [0.1, 0.15) is 0 Å². The van der Waals surface area contributed by atoms with E-state index >= 15 is 0 Å². The number of rotatable bonds is 11. The van der Waals surface area contributed by atoms with E-state index in [9.17, 15) is 9.59 Å². The van der Waals surface area contributed by atoms with E-state index in [1.807, 2.05) is 36.4 Å². The summed E-state index contributed by atoms with van der Waals surface area (Å²) in [4.78, 5) is 27.2. The molecule has 2 aromatic carbocycles. The third kappa shape index (κ3) is 6.70. The Balaban J connectivity index is 1.90. The first kappa shape index (κ1) is 22.0. The highest BCUT2D eigenvalue weighted by Gasteiger charge is 2.37. The second-order valence-electron chi connectivity index (χ2n) is 8.05. The first-order chi connectivity index (χ1) is 14.6. The van der Waals surface area contributed by atoms with Crippen molar-refractivity contribution in [3.05, 3.63) is 71.8 Å². The smallest absolute Gasteiger partial charge is 0.303 e. The lowest BCUT2D eigenvalue weighted by molar-refractivity contribution is -0.159. The molecule has 30 heavy (non-hydrogen) atoms. The highest BCUT2D eigenvalue weighted by Crippen LogP contribution is 2.24. The molecule has 0 bridgehead atoms. The Morgan fingerprint density at radius 2 is 1.53 bits per heavy atom. The van der Waals surface area contributed by atoms with E-state index in [1.54, 1.807) is 0 Å². The molecule has 160 valence electrons. The minimum Gasteiger partial charge on any atom is -0.451 e. The van der Waals surface area contributed by atoms with Gasteiger partial charge in [-0.3, -0.25) is 14.5 Å². The summed E-state index contributed by atoms with van der Waals surface area (Å²) in [7, 11) is 0. The van der Waals surface area contributed by atoms with Gasteiger partial charge in [0.25, 0.3) is 5.91 Å². The SMILES string of the molecule is CCCC(C(OC(C)=O)C(=O)NC1CC1)N(Cc1ccccc1)Cc1ccccc1. The van der Waals surface area contributed by atoms with Crippen molar-refractivity contribution < 1.29 is 14.3 Å². The number of carbonyl (C=O) groups excluding carboxylic acids is 2. The Kier molecular flexibility index (Phi) is 8.03. The van der Waals surface area contributed by atoms with Gasteiger partial charge in [-0.2, -0.15) is 0 Å². The number of ether oxygens (including phenoxy) is 1. The van der Waals surface area contributed by atoms with Crippen LogP contribution in [0.2, 0.25) is 0 Å². The Hall–Kier alpha value is -2.66. The summed E-state index contributed by atoms with van der Waals surface area (Å²) in [6.07, 6.45) is 2.81. The number of hydrogen-bond acceptors (Lipinski definition) is 4. The maximum atomic E-state index is 13.0. The number of nitrogens with zero attached hydrogens (tertiary/aromatic N) is 1. The van der Waals surface area contributed by atoms with Crippen LogP contribution in [-0.2, 0) is 27.4 Å². The lowest BCUT2D eigenvalue weighted by atomic mass is 10.00. The van der Waals surface area contributed by atoms with Crippen molar-refractivity contribution in [2.75, 3.05) is 0 Å². The lowest BCUT2D eigenvalue weighted by Gasteiger charge is -2.36. The summed E-state index contributed by atoms with van der Waals surface area (Å²) in [5.41, 5.74) is 2.33. The van der Waals surface area contributed by atoms with Crippen LogP contribution in [0, 0.1) is 0 Å². The number of nitrogens with one attached hydrogen (secondary N) is 1. The van der Waals surface area contributed by atoms with Crippen molar-refractivity contribution in [1.29, 1.82) is 0 Å². The van der Waals surface area contributed by atoms with Gasteiger partial charge >= 0.3 is 5.97 Å². The number of esters is 1. The summed E-state index contributed by atoms with van der Waals surface area (Å²) in [5.74, 6) is -0.608. The topological polar surface area (TPSA) is 58.6 Å². The first-order valence-electron chi connectivity index (χ1n) is 10.9. The molecule has 5 nitrogen and oxygen atoms in total. The van der Waals surface area contributed by atoms with Gasteiger partial charge in [-0.15, -0.1) is 0 Å². The molecule has 3 rings (SSSR count). The molecule has 1 aliphatic rings. The van der Waals surface area contributed by atoms with E-state index in [2.05, 4.69) is 41.4 Å². The fourth-order valence-corrected chi connectivity index (χ4v) is 3.74. The van der Waals surface area contributed by atoms with Gasteiger partial charge in [0.15, 0.2) is 6.10 Å². The monoisotopic (exact) mass is 408 g/mol. The molecule has 0 heterocycles. The Morgan fingerprint density at radius 1 is 1.00 bits per heavy atom. The van der Waals surface area contributed by atoms with Gasteiger partial charge in [-0.25, -0.2) is 0 Å². The molecule has 5 heteroatoms. The van der Waals surface area contributed by atoms with Crippen LogP contribution in [0.15, 0.2) is 60.7 Å². The van der Waals surface area contributed by atoms with Gasteiger partial charge in [0.2, 0.25) is 0 Å². The number of amides is 1. The van der Waals surface area contributed by atoms with Crippen LogP contribution in [0.1, 0.15) is 50.7 Å². The van der Waals surface area contributed by atoms with E-state index in [0.29, 0.717) is 13.1 Å². The zero-order valence-corrected chi connectivity index (χ0v) is 17.9. The molecule has 2 aromatic rings. The second kappa shape index (κ2) is 10.9. The zero-order chi connectivity index (χ0) is 21.3. The molecule has 1 saturated carbocycles. The van der Waals surface area contributed by atoms with Crippen LogP contribution in [0.5, 0.6) is 0 Å². The molecule has 0 aliphatic heterocycles. The molecular weight excluding hydrogens is 376 g/mol. The van der Waals surface area contributed by atoms with Crippen LogP contribution in [0.3, 0.4) is 0 Å². The summed E-state index contributed by atoms with van der Waals surface area (Å²) in [5, 5.41) is 3.04. The largest absolute Gasteiger partial charge is 0.451 e. The molecule has 1 fully saturated rings. The van der Waals surface area contributed by atoms with Crippen molar-refractivity contribution in [1.82, 2.24) is 10.2 Å². The predicted molar refractivity (Wildman–Crippen MR) is 118 cm³/mol. The Morgan fingerprint density at radius 3 is 1.97 bits per heavy atom. The summed E-state index contributed by atoms with van der Waals surface area (Å²) in [6, 6.07) is 20.5. The molecule has 2 unspecified atom stereocenters. The van der Waals surface area contributed by atoms with Crippen molar-refractivity contribution in [3.63, 3.8) is 0 Å². The van der Waals surface area contributed by atoms with Gasteiger partial charge in [-0.1, -0.05) is 74.0 Å². The average Bonchev–Trinajstić information content (AvgIpc) is 3.55. The fourth-order valence-electron chi connectivity index (χ4n) is 3.74. The molecule has 1 amide bonds. The van der Waals surface area contributed by atoms with Gasteiger partial charge in [0.05, 0.1) is 6.04 Å². The second-order valence-corrected chi connectivity index (χ2v) is 8.05. The molecule has 1 aliphatic carbocycles. The third-order valence-electron chi connectivity index (χ3n) is 5.33. The van der Waals surface area contributed by atoms with E-state index < -0.39 is 12.1 Å². The van der Waals surface area contributed by atoms with E-state index in [1.165, 1.54) is 18.1 Å². The lowest BCUT2D eigenvalue weighted by Crippen LogP contribution is -2.52. The molecule has 0 saturated heterocycles. The number of hydrogen-bond donors (Lipinski definition) is 1. The molecule has 0 radical (unpaired) electrons. The van der Waals surface area contributed by atoms with Crippen molar-refractivity contribution in [3.8, 4) is 0 Å². The standard InChI is InChI=1S/C25H32N2O3/c1-3-10-23(24(30-19(2)28)25(29)26-22-15-16-22)27(17-20-11-6-4-7-12-20)18-21-13-8-5-9-14-21/h4-9,11-14,22-24H,3,10,15-18H2,1-2H3,(H,26,29). The van der Waals surface area contributed by atoms with Crippen LogP contribution in [0.25, 0.3) is 0 Å². The Labute approximate surface area is 179 Å². The van der Waals surface area contributed by atoms with Gasteiger partial charge in [-0.05, 0) is 30.4 Å². The van der Waals surface area contributed by atoms with Crippen molar-refractivity contribution in [2.24, 2.45) is 0 Å². The predicted octanol–water partition coefficient (Wildman–Crippen LogP) is 4.07. The van der Waals surface area contributed by atoms with Crippen LogP contribution in [0.4, 0.5) is 0 Å². The average molecular weight is 409 g/mol. The van der Waals surface area contributed by atoms with Gasteiger partial charge in [0, 0.05) is 26.1 Å². The first-order valence-corrected chi connectivity index (χ1v) is 10.9. The number of benzene rings is 2. The minimum absolute atomic E-state index is 0.183. The minimum atomic E-state index is -0.824. The Bertz CT molecular complexity index is 764. The van der Waals surface area contributed by atoms with E-state index in [-0.39, 0.29) is 18.0 Å². The fraction of sp³-hybridized carbons (Fsp3) is 0.440. The van der Waals surface area contributed by atoms with Crippen LogP contribution in [-0.4, -0.2) is 35.0 Å². The maximum absolute atomic E-state index is 13.0. The van der Waals surface area contributed by atoms with Crippen molar-refractivity contribution >= 4 is 11.9 Å². The quantitative estimate of drug-likeness (QED) is 0.570. The zero-order valence-electron chi connectivity index (χ0n) is 17.9. The molecule has 0 aromatic heterocycles. The highest BCUT2D eigenvalue weighted by atomic mass is 16.5. The molecule has 2 atom stereocenters. The normalized spacial score (nSPS) is 15.4. The summed E-state index contributed by atoms with van der Waals surface area (Å²) in [6.45, 7) is 4.82. The molecule has 0 spiro atoms. The van der Waals surface area contributed by atoms with Gasteiger partial charge < -0.3 is 10.1 Å². The van der Waals surface area contributed by atoms with E-state index in [0.717, 1.165) is 25.7 Å². The van der Waals surface area contributed by atoms with Crippen LogP contribution < -0.4 is 5.32 Å². The van der Waals surface area contributed by atoms with Crippen molar-refractivity contribution in [2.45, 2.75) is 70.8 Å². The van der Waals surface area contributed by atoms with E-state index in [4.69, 9.17) is 4.74 Å². The maximum Gasteiger partial charge on any atom is 0.303 e. The molecular formula is C25H32N2O3. The number of carbonyl (C=O) groups is 2. The summed E-state index contributed by atoms with van der Waals surface area (Å²) < 4.78 is 5.62. The molecule has 1 N–H and O–H groups in total. The van der Waals surface area contributed by atoms with Crippen LogP contribution >= 0.6 is 0 Å².